The summed E-state index contributed by atoms with van der Waals surface area (Å²) in [4.78, 5) is 16.9. The molecule has 1 amide bonds. The fraction of sp³-hybridized carbons (Fsp3) is 0.200. The van der Waals surface area contributed by atoms with Crippen LogP contribution in [0, 0.1) is 0 Å². The van der Waals surface area contributed by atoms with Gasteiger partial charge in [-0.2, -0.15) is 0 Å². The van der Waals surface area contributed by atoms with E-state index in [9.17, 15) is 4.79 Å². The minimum Gasteiger partial charge on any atom is -0.349 e. The van der Waals surface area contributed by atoms with Crippen LogP contribution in [0.5, 0.6) is 0 Å². The van der Waals surface area contributed by atoms with Gasteiger partial charge in [0.25, 0.3) is 0 Å². The van der Waals surface area contributed by atoms with Crippen LogP contribution in [0.1, 0.15) is 18.5 Å². The van der Waals surface area contributed by atoms with Crippen molar-refractivity contribution in [1.82, 2.24) is 10.3 Å². The second kappa shape index (κ2) is 6.95. The third kappa shape index (κ3) is 4.41. The molecule has 98 valence electrons. The molecule has 1 heterocycles. The summed E-state index contributed by atoms with van der Waals surface area (Å²) in [6.45, 7) is 1.99. The Morgan fingerprint density at radius 2 is 1.89 bits per heavy atom. The van der Waals surface area contributed by atoms with E-state index in [2.05, 4.69) is 10.3 Å². The first-order chi connectivity index (χ1) is 9.25. The number of aromatic nitrogens is 1. The molecular weight excluding hydrogens is 256 g/mol. The lowest BCUT2D eigenvalue weighted by Gasteiger charge is -2.14. The molecule has 0 saturated heterocycles. The van der Waals surface area contributed by atoms with Gasteiger partial charge in [-0.3, -0.25) is 9.78 Å². The van der Waals surface area contributed by atoms with E-state index in [-0.39, 0.29) is 11.9 Å². The Morgan fingerprint density at radius 3 is 2.58 bits per heavy atom. The quantitative estimate of drug-likeness (QED) is 0.851. The van der Waals surface area contributed by atoms with Crippen molar-refractivity contribution in [3.05, 3.63) is 60.4 Å². The topological polar surface area (TPSA) is 42.0 Å². The average Bonchev–Trinajstić information content (AvgIpc) is 2.47. The monoisotopic (exact) mass is 272 g/mol. The maximum atomic E-state index is 11.9. The van der Waals surface area contributed by atoms with Gasteiger partial charge in [-0.1, -0.05) is 30.3 Å². The van der Waals surface area contributed by atoms with Crippen LogP contribution in [-0.4, -0.2) is 16.6 Å². The molecular formula is C15H16N2OS. The molecule has 0 aliphatic heterocycles. The molecule has 1 N–H and O–H groups in total. The minimum atomic E-state index is 0.0340. The number of hydrogen-bond acceptors (Lipinski definition) is 3. The number of hydrogen-bond donors (Lipinski definition) is 1. The second-order valence-corrected chi connectivity index (χ2v) is 5.22. The third-order valence-electron chi connectivity index (χ3n) is 2.70. The number of benzene rings is 1. The van der Waals surface area contributed by atoms with E-state index < -0.39 is 0 Å². The average molecular weight is 272 g/mol. The summed E-state index contributed by atoms with van der Waals surface area (Å²) in [7, 11) is 0. The largest absolute Gasteiger partial charge is 0.349 e. The fourth-order valence-electron chi connectivity index (χ4n) is 1.69. The number of rotatable bonds is 5. The van der Waals surface area contributed by atoms with Crippen LogP contribution in [0.15, 0.2) is 59.8 Å². The van der Waals surface area contributed by atoms with E-state index in [1.54, 1.807) is 12.4 Å². The van der Waals surface area contributed by atoms with Crippen LogP contribution in [0.3, 0.4) is 0 Å². The lowest BCUT2D eigenvalue weighted by molar-refractivity contribution is -0.119. The zero-order chi connectivity index (χ0) is 13.5. The van der Waals surface area contributed by atoms with Crippen LogP contribution in [0.25, 0.3) is 0 Å². The highest BCUT2D eigenvalue weighted by Gasteiger charge is 2.09. The van der Waals surface area contributed by atoms with Gasteiger partial charge in [0.1, 0.15) is 0 Å². The first-order valence-corrected chi connectivity index (χ1v) is 7.11. The lowest BCUT2D eigenvalue weighted by Crippen LogP contribution is -2.28. The van der Waals surface area contributed by atoms with Crippen LogP contribution >= 0.6 is 11.8 Å². The lowest BCUT2D eigenvalue weighted by atomic mass is 10.1. The van der Waals surface area contributed by atoms with Crippen LogP contribution in [-0.2, 0) is 4.79 Å². The molecule has 0 fully saturated rings. The van der Waals surface area contributed by atoms with Gasteiger partial charge < -0.3 is 5.32 Å². The molecule has 19 heavy (non-hydrogen) atoms. The number of thioether (sulfide) groups is 1. The highest BCUT2D eigenvalue weighted by Crippen LogP contribution is 2.17. The summed E-state index contributed by atoms with van der Waals surface area (Å²) < 4.78 is 0. The van der Waals surface area contributed by atoms with E-state index in [0.29, 0.717) is 5.75 Å². The Morgan fingerprint density at radius 1 is 1.21 bits per heavy atom. The smallest absolute Gasteiger partial charge is 0.230 e. The molecule has 0 aliphatic rings. The molecule has 0 aliphatic carbocycles. The summed E-state index contributed by atoms with van der Waals surface area (Å²) in [6, 6.07) is 13.8. The number of carbonyl (C=O) groups excluding carboxylic acids is 1. The van der Waals surface area contributed by atoms with E-state index in [1.807, 2.05) is 49.4 Å². The zero-order valence-electron chi connectivity index (χ0n) is 10.7. The second-order valence-electron chi connectivity index (χ2n) is 4.17. The van der Waals surface area contributed by atoms with Crippen molar-refractivity contribution >= 4 is 17.7 Å². The van der Waals surface area contributed by atoms with Gasteiger partial charge in [0.2, 0.25) is 5.91 Å². The van der Waals surface area contributed by atoms with Crippen LogP contribution < -0.4 is 5.32 Å². The van der Waals surface area contributed by atoms with E-state index in [4.69, 9.17) is 0 Å². The molecule has 2 aromatic rings. The van der Waals surface area contributed by atoms with E-state index in [1.165, 1.54) is 11.8 Å². The van der Waals surface area contributed by atoms with Gasteiger partial charge in [0, 0.05) is 17.3 Å². The minimum absolute atomic E-state index is 0.0340. The van der Waals surface area contributed by atoms with Gasteiger partial charge in [-0.25, -0.2) is 0 Å². The molecule has 4 heteroatoms. The molecule has 3 nitrogen and oxygen atoms in total. The van der Waals surface area contributed by atoms with E-state index >= 15 is 0 Å². The predicted octanol–water partition coefficient (Wildman–Crippen LogP) is 3.05. The van der Waals surface area contributed by atoms with Crippen molar-refractivity contribution < 1.29 is 4.79 Å². The van der Waals surface area contributed by atoms with Crippen molar-refractivity contribution in [1.29, 1.82) is 0 Å². The summed E-state index contributed by atoms with van der Waals surface area (Å²) >= 11 is 1.51. The molecule has 0 saturated carbocycles. The van der Waals surface area contributed by atoms with Crippen molar-refractivity contribution in [3.63, 3.8) is 0 Å². The van der Waals surface area contributed by atoms with Crippen molar-refractivity contribution in [2.24, 2.45) is 0 Å². The first-order valence-electron chi connectivity index (χ1n) is 6.13. The highest BCUT2D eigenvalue weighted by atomic mass is 32.2. The standard InChI is InChI=1S/C15H16N2OS/c1-12(13-5-3-2-4-6-13)17-15(18)11-19-14-7-9-16-10-8-14/h2-10,12H,11H2,1H3,(H,17,18)/t12-/m1/s1. The third-order valence-corrected chi connectivity index (χ3v) is 3.71. The molecule has 1 atom stereocenters. The fourth-order valence-corrected chi connectivity index (χ4v) is 2.39. The Hall–Kier alpha value is -1.81. The molecule has 0 unspecified atom stereocenters. The first kappa shape index (κ1) is 13.6. The molecule has 1 aromatic carbocycles. The summed E-state index contributed by atoms with van der Waals surface area (Å²) in [6.07, 6.45) is 3.46. The van der Waals surface area contributed by atoms with Gasteiger partial charge in [0.15, 0.2) is 0 Å². The maximum Gasteiger partial charge on any atom is 0.230 e. The Kier molecular flexibility index (Phi) is 4.98. The van der Waals surface area contributed by atoms with Gasteiger partial charge >= 0.3 is 0 Å². The van der Waals surface area contributed by atoms with Gasteiger partial charge in [-0.05, 0) is 24.6 Å². The maximum absolute atomic E-state index is 11.9. The van der Waals surface area contributed by atoms with Gasteiger partial charge in [-0.15, -0.1) is 11.8 Å². The molecule has 0 spiro atoms. The van der Waals surface area contributed by atoms with Gasteiger partial charge in [0.05, 0.1) is 11.8 Å². The number of carbonyl (C=O) groups is 1. The Bertz CT molecular complexity index is 516. The van der Waals surface area contributed by atoms with Crippen LogP contribution in [0.4, 0.5) is 0 Å². The van der Waals surface area contributed by atoms with Crippen molar-refractivity contribution in [2.75, 3.05) is 5.75 Å². The molecule has 1 aromatic heterocycles. The van der Waals surface area contributed by atoms with Crippen molar-refractivity contribution in [2.45, 2.75) is 17.9 Å². The molecule has 2 rings (SSSR count). The number of nitrogens with zero attached hydrogens (tertiary/aromatic N) is 1. The SMILES string of the molecule is C[C@@H](NC(=O)CSc1ccncc1)c1ccccc1. The molecule has 0 radical (unpaired) electrons. The number of pyridine rings is 1. The number of amides is 1. The summed E-state index contributed by atoms with van der Waals surface area (Å²) in [5.41, 5.74) is 1.12. The zero-order valence-corrected chi connectivity index (χ0v) is 11.6. The van der Waals surface area contributed by atoms with E-state index in [0.717, 1.165) is 10.5 Å². The van der Waals surface area contributed by atoms with Crippen LogP contribution in [0.2, 0.25) is 0 Å². The summed E-state index contributed by atoms with van der Waals surface area (Å²) in [5.74, 6) is 0.458. The number of nitrogens with one attached hydrogen (secondary N) is 1. The van der Waals surface area contributed by atoms with Crippen molar-refractivity contribution in [3.8, 4) is 0 Å². The Balaban J connectivity index is 1.82. The Labute approximate surface area is 117 Å². The highest BCUT2D eigenvalue weighted by molar-refractivity contribution is 8.00. The predicted molar refractivity (Wildman–Crippen MR) is 78.0 cm³/mol. The molecule has 0 bridgehead atoms. The normalized spacial score (nSPS) is 11.8. The summed E-state index contributed by atoms with van der Waals surface area (Å²) in [5, 5.41) is 2.99.